The highest BCUT2D eigenvalue weighted by molar-refractivity contribution is 7.92. The van der Waals surface area contributed by atoms with Crippen LogP contribution in [0.3, 0.4) is 0 Å². The van der Waals surface area contributed by atoms with E-state index < -0.39 is 10.0 Å². The lowest BCUT2D eigenvalue weighted by molar-refractivity contribution is 0.0628. The van der Waals surface area contributed by atoms with E-state index in [0.717, 1.165) is 43.0 Å². The smallest absolute Gasteiger partial charge is 0.253 e. The molecule has 0 unspecified atom stereocenters. The van der Waals surface area contributed by atoms with E-state index in [1.54, 1.807) is 11.0 Å². The summed E-state index contributed by atoms with van der Waals surface area (Å²) in [5.74, 6) is 1.42. The van der Waals surface area contributed by atoms with E-state index in [0.29, 0.717) is 18.7 Å². The van der Waals surface area contributed by atoms with Gasteiger partial charge in [-0.15, -0.1) is 0 Å². The Morgan fingerprint density at radius 1 is 1.07 bits per heavy atom. The number of hydrogen-bond donors (Lipinski definition) is 1. The fraction of sp³-hybridized carbons (Fsp3) is 0.350. The van der Waals surface area contributed by atoms with E-state index in [1.807, 2.05) is 18.2 Å². The maximum absolute atomic E-state index is 12.8. The van der Waals surface area contributed by atoms with Gasteiger partial charge < -0.3 is 14.4 Å². The molecule has 2 heterocycles. The van der Waals surface area contributed by atoms with Crippen LogP contribution in [0.4, 0.5) is 5.69 Å². The number of nitrogens with zero attached hydrogens (tertiary/aromatic N) is 2. The summed E-state index contributed by atoms with van der Waals surface area (Å²) in [6.45, 7) is 3.74. The number of carbonyl (C=O) groups is 1. The summed E-state index contributed by atoms with van der Waals surface area (Å²) in [4.78, 5) is 16.9. The van der Waals surface area contributed by atoms with E-state index in [2.05, 4.69) is 9.62 Å². The molecule has 8 nitrogen and oxygen atoms in total. The molecule has 0 radical (unpaired) electrons. The van der Waals surface area contributed by atoms with Crippen molar-refractivity contribution in [3.05, 3.63) is 52.5 Å². The molecule has 160 valence electrons. The second-order valence-electron chi connectivity index (χ2n) is 7.32. The van der Waals surface area contributed by atoms with Crippen LogP contribution in [0.1, 0.15) is 15.9 Å². The van der Waals surface area contributed by atoms with Crippen LogP contribution in [-0.4, -0.2) is 63.4 Å². The zero-order valence-electron chi connectivity index (χ0n) is 16.4. The summed E-state index contributed by atoms with van der Waals surface area (Å²) in [6, 6.07) is 10.5. The summed E-state index contributed by atoms with van der Waals surface area (Å²) in [5.41, 5.74) is 1.83. The first-order valence-corrected chi connectivity index (χ1v) is 11.7. The van der Waals surface area contributed by atoms with Crippen molar-refractivity contribution in [3.63, 3.8) is 0 Å². The summed E-state index contributed by atoms with van der Waals surface area (Å²) in [6.07, 6.45) is 1.05. The van der Waals surface area contributed by atoms with Gasteiger partial charge in [0.2, 0.25) is 16.8 Å². The number of ether oxygens (including phenoxy) is 2. The van der Waals surface area contributed by atoms with Gasteiger partial charge in [0, 0.05) is 38.3 Å². The van der Waals surface area contributed by atoms with Crippen molar-refractivity contribution in [2.24, 2.45) is 0 Å². The zero-order chi connectivity index (χ0) is 21.3. The molecule has 0 aliphatic carbocycles. The van der Waals surface area contributed by atoms with Gasteiger partial charge in [0.15, 0.2) is 11.5 Å². The quantitative estimate of drug-likeness (QED) is 0.751. The number of piperazine rings is 1. The first-order chi connectivity index (χ1) is 14.3. The molecule has 0 aromatic heterocycles. The van der Waals surface area contributed by atoms with E-state index in [-0.39, 0.29) is 23.4 Å². The number of halogens is 1. The standard InChI is InChI=1S/C20H22ClN3O5S/c1-30(26,27)22-17-4-3-15(11-16(17)21)20(25)24-8-6-23(7-9-24)12-14-2-5-18-19(10-14)29-13-28-18/h2-5,10-11,22H,6-9,12-13H2,1H3. The van der Waals surface area contributed by atoms with Crippen molar-refractivity contribution < 1.29 is 22.7 Å². The molecule has 2 aliphatic heterocycles. The molecule has 1 amide bonds. The summed E-state index contributed by atoms with van der Waals surface area (Å²) >= 11 is 6.15. The predicted molar refractivity (Wildman–Crippen MR) is 114 cm³/mol. The number of hydrogen-bond acceptors (Lipinski definition) is 6. The van der Waals surface area contributed by atoms with Gasteiger partial charge >= 0.3 is 0 Å². The normalized spacial score (nSPS) is 16.5. The van der Waals surface area contributed by atoms with Crippen LogP contribution in [0.15, 0.2) is 36.4 Å². The van der Waals surface area contributed by atoms with Crippen molar-refractivity contribution in [2.75, 3.05) is 43.9 Å². The Morgan fingerprint density at radius 3 is 2.50 bits per heavy atom. The highest BCUT2D eigenvalue weighted by Gasteiger charge is 2.23. The zero-order valence-corrected chi connectivity index (χ0v) is 18.0. The Kier molecular flexibility index (Phi) is 5.77. The second kappa shape index (κ2) is 8.33. The third-order valence-electron chi connectivity index (χ3n) is 5.01. The number of carbonyl (C=O) groups excluding carboxylic acids is 1. The molecule has 0 spiro atoms. The minimum Gasteiger partial charge on any atom is -0.454 e. The molecule has 1 N–H and O–H groups in total. The molecular weight excluding hydrogens is 430 g/mol. The number of anilines is 1. The molecule has 0 saturated carbocycles. The fourth-order valence-corrected chi connectivity index (χ4v) is 4.38. The number of amides is 1. The van der Waals surface area contributed by atoms with Crippen LogP contribution < -0.4 is 14.2 Å². The van der Waals surface area contributed by atoms with Gasteiger partial charge in [-0.2, -0.15) is 0 Å². The van der Waals surface area contributed by atoms with Gasteiger partial charge in [-0.25, -0.2) is 8.42 Å². The van der Waals surface area contributed by atoms with Crippen LogP contribution >= 0.6 is 11.6 Å². The summed E-state index contributed by atoms with van der Waals surface area (Å²) in [5, 5.41) is 0.188. The number of sulfonamides is 1. The van der Waals surface area contributed by atoms with Crippen molar-refractivity contribution in [3.8, 4) is 11.5 Å². The number of rotatable bonds is 5. The van der Waals surface area contributed by atoms with E-state index in [4.69, 9.17) is 21.1 Å². The molecule has 0 atom stereocenters. The molecule has 4 rings (SSSR count). The van der Waals surface area contributed by atoms with Crippen molar-refractivity contribution in [1.29, 1.82) is 0 Å². The van der Waals surface area contributed by atoms with Crippen LogP contribution in [0.2, 0.25) is 5.02 Å². The Hall–Kier alpha value is -2.49. The molecule has 30 heavy (non-hydrogen) atoms. The van der Waals surface area contributed by atoms with Crippen molar-refractivity contribution in [2.45, 2.75) is 6.54 Å². The highest BCUT2D eigenvalue weighted by Crippen LogP contribution is 2.33. The minimum absolute atomic E-state index is 0.120. The topological polar surface area (TPSA) is 88.2 Å². The second-order valence-corrected chi connectivity index (χ2v) is 9.48. The van der Waals surface area contributed by atoms with E-state index in [1.165, 1.54) is 12.1 Å². The molecule has 2 aliphatic rings. The monoisotopic (exact) mass is 451 g/mol. The van der Waals surface area contributed by atoms with Crippen LogP contribution in [0.5, 0.6) is 11.5 Å². The van der Waals surface area contributed by atoms with E-state index in [9.17, 15) is 13.2 Å². The third kappa shape index (κ3) is 4.80. The lowest BCUT2D eigenvalue weighted by atomic mass is 10.1. The Labute approximate surface area is 180 Å². The fourth-order valence-electron chi connectivity index (χ4n) is 3.52. The number of benzene rings is 2. The molecule has 1 fully saturated rings. The number of fused-ring (bicyclic) bond motifs is 1. The maximum atomic E-state index is 12.8. The molecule has 2 aromatic carbocycles. The van der Waals surface area contributed by atoms with Gasteiger partial charge in [-0.05, 0) is 35.9 Å². The van der Waals surface area contributed by atoms with Gasteiger partial charge in [0.25, 0.3) is 5.91 Å². The maximum Gasteiger partial charge on any atom is 0.253 e. The Bertz CT molecular complexity index is 1070. The highest BCUT2D eigenvalue weighted by atomic mass is 35.5. The molecule has 1 saturated heterocycles. The molecule has 0 bridgehead atoms. The average molecular weight is 452 g/mol. The van der Waals surface area contributed by atoms with E-state index >= 15 is 0 Å². The molecule has 2 aromatic rings. The van der Waals surface area contributed by atoms with Crippen LogP contribution in [0, 0.1) is 0 Å². The van der Waals surface area contributed by atoms with Crippen molar-refractivity contribution in [1.82, 2.24) is 9.80 Å². The van der Waals surface area contributed by atoms with Gasteiger partial charge in [-0.1, -0.05) is 17.7 Å². The average Bonchev–Trinajstić information content (AvgIpc) is 3.16. The SMILES string of the molecule is CS(=O)(=O)Nc1ccc(C(=O)N2CCN(Cc3ccc4c(c3)OCO4)CC2)cc1Cl. The molecular formula is C20H22ClN3O5S. The number of nitrogens with one attached hydrogen (secondary N) is 1. The summed E-state index contributed by atoms with van der Waals surface area (Å²) in [7, 11) is -3.44. The largest absolute Gasteiger partial charge is 0.454 e. The Morgan fingerprint density at radius 2 is 1.80 bits per heavy atom. The predicted octanol–water partition coefficient (Wildman–Crippen LogP) is 2.40. The van der Waals surface area contributed by atoms with Gasteiger partial charge in [0.1, 0.15) is 0 Å². The van der Waals surface area contributed by atoms with Crippen LogP contribution in [-0.2, 0) is 16.6 Å². The Balaban J connectivity index is 1.34. The third-order valence-corrected chi connectivity index (χ3v) is 5.92. The van der Waals surface area contributed by atoms with Crippen molar-refractivity contribution >= 4 is 33.2 Å². The van der Waals surface area contributed by atoms with Crippen LogP contribution in [0.25, 0.3) is 0 Å². The first kappa shape index (κ1) is 20.8. The van der Waals surface area contributed by atoms with Gasteiger partial charge in [0.05, 0.1) is 17.0 Å². The lowest BCUT2D eigenvalue weighted by Crippen LogP contribution is -2.48. The first-order valence-electron chi connectivity index (χ1n) is 9.46. The summed E-state index contributed by atoms with van der Waals surface area (Å²) < 4.78 is 35.8. The molecule has 10 heteroatoms. The lowest BCUT2D eigenvalue weighted by Gasteiger charge is -2.34. The van der Waals surface area contributed by atoms with Gasteiger partial charge in [-0.3, -0.25) is 14.4 Å². The minimum atomic E-state index is -3.44.